The van der Waals surface area contributed by atoms with E-state index >= 15 is 0 Å². The summed E-state index contributed by atoms with van der Waals surface area (Å²) in [7, 11) is 0. The van der Waals surface area contributed by atoms with Crippen molar-refractivity contribution in [2.75, 3.05) is 4.90 Å². The van der Waals surface area contributed by atoms with Gasteiger partial charge in [-0.3, -0.25) is 4.57 Å². The third-order valence-corrected chi connectivity index (χ3v) is 17.4. The van der Waals surface area contributed by atoms with Gasteiger partial charge in [0.2, 0.25) is 0 Å². The maximum Gasteiger partial charge on any atom is 0.137 e. The van der Waals surface area contributed by atoms with Crippen LogP contribution in [0.1, 0.15) is 144 Å². The van der Waals surface area contributed by atoms with E-state index in [2.05, 4.69) is 216 Å². The largest absolute Gasteiger partial charge is 0.457 e. The Hall–Kier alpha value is -8.67. The van der Waals surface area contributed by atoms with Crippen molar-refractivity contribution in [3.8, 4) is 39.6 Å². The summed E-state index contributed by atoms with van der Waals surface area (Å²) in [5.41, 5.74) is 8.23. The third-order valence-electron chi connectivity index (χ3n) is 17.4. The molecule has 0 saturated heterocycles. The fourth-order valence-electron chi connectivity index (χ4n) is 12.7. The molecule has 1 aliphatic heterocycles. The second-order valence-corrected chi connectivity index (χ2v) is 27.5. The Morgan fingerprint density at radius 3 is 1.59 bits per heavy atom. The summed E-state index contributed by atoms with van der Waals surface area (Å²) in [4.78, 5) is 7.23. The normalized spacial score (nSPS) is 15.3. The van der Waals surface area contributed by atoms with Crippen LogP contribution in [0, 0.1) is 0 Å². The van der Waals surface area contributed by atoms with Crippen molar-refractivity contribution in [1.29, 1.82) is 0 Å². The quantitative estimate of drug-likeness (QED) is 0.166. The maximum atomic E-state index is 8.96. The number of para-hydroxylation sites is 3. The summed E-state index contributed by atoms with van der Waals surface area (Å²) in [6, 6.07) is 66.8. The number of hydrogen-bond acceptors (Lipinski definition) is 3. The lowest BCUT2D eigenvalue weighted by molar-refractivity contribution is 0.483. The van der Waals surface area contributed by atoms with Crippen LogP contribution in [0.5, 0.6) is 11.5 Å². The molecule has 1 aliphatic rings. The Labute approximate surface area is 515 Å². The molecule has 0 spiro atoms. The molecule has 13 rings (SSSR count). The first-order valence-electron chi connectivity index (χ1n) is 34.2. The number of hydrogen-bond donors (Lipinski definition) is 0. The molecule has 85 heavy (non-hydrogen) atoms. The van der Waals surface area contributed by atoms with Crippen LogP contribution in [-0.2, 0) is 33.7 Å². The van der Waals surface area contributed by atoms with Gasteiger partial charge in [-0.2, -0.15) is 0 Å². The van der Waals surface area contributed by atoms with Gasteiger partial charge in [-0.15, -0.1) is 0 Å². The van der Waals surface area contributed by atoms with Crippen LogP contribution < -0.4 is 9.64 Å². The number of ether oxygens (including phenoxy) is 1. The van der Waals surface area contributed by atoms with E-state index in [0.717, 1.165) is 93.5 Å². The molecule has 4 heterocycles. The Morgan fingerprint density at radius 2 is 0.929 bits per heavy atom. The summed E-state index contributed by atoms with van der Waals surface area (Å²) in [6.45, 7) is 15.9. The lowest BCUT2D eigenvalue weighted by atomic mass is 9.78. The number of fused-ring (bicyclic) bond motifs is 10. The monoisotopic (exact) mass is 1120 g/mol. The van der Waals surface area contributed by atoms with Gasteiger partial charge in [-0.1, -0.05) is 237 Å². The summed E-state index contributed by atoms with van der Waals surface area (Å²) >= 11 is 0. The van der Waals surface area contributed by atoms with Crippen molar-refractivity contribution in [1.82, 2.24) is 14.1 Å². The van der Waals surface area contributed by atoms with E-state index in [1.807, 2.05) is 69.4 Å². The summed E-state index contributed by atoms with van der Waals surface area (Å²) in [6.07, 6.45) is 1.89. The second-order valence-electron chi connectivity index (χ2n) is 27.5. The zero-order valence-electron chi connectivity index (χ0n) is 60.0. The van der Waals surface area contributed by atoms with Gasteiger partial charge >= 0.3 is 0 Å². The van der Waals surface area contributed by atoms with E-state index in [1.54, 1.807) is 0 Å². The van der Waals surface area contributed by atoms with E-state index in [0.29, 0.717) is 28.2 Å². The zero-order valence-corrected chi connectivity index (χ0v) is 51.0. The molecule has 9 aromatic carbocycles. The highest BCUT2D eigenvalue weighted by molar-refractivity contribution is 6.25. The molecule has 12 aromatic rings. The smallest absolute Gasteiger partial charge is 0.137 e. The lowest BCUT2D eigenvalue weighted by Gasteiger charge is -2.27. The molecule has 0 N–H and O–H groups in total. The van der Waals surface area contributed by atoms with Crippen LogP contribution in [0.2, 0.25) is 0 Å². The molecule has 0 aliphatic carbocycles. The Morgan fingerprint density at radius 1 is 0.400 bits per heavy atom. The molecule has 0 fully saturated rings. The fraction of sp³-hybridized carbons (Fsp3) is 0.263. The van der Waals surface area contributed by atoms with E-state index in [9.17, 15) is 0 Å². The molecule has 0 atom stereocenters. The molecule has 0 bridgehead atoms. The third kappa shape index (κ3) is 9.89. The van der Waals surface area contributed by atoms with Gasteiger partial charge in [0.05, 0.1) is 27.8 Å². The van der Waals surface area contributed by atoms with Crippen molar-refractivity contribution >= 4 is 76.5 Å². The zero-order chi connectivity index (χ0) is 67.2. The van der Waals surface area contributed by atoms with Crippen molar-refractivity contribution < 1.29 is 17.1 Å². The summed E-state index contributed by atoms with van der Waals surface area (Å²) in [5.74, 6) is 2.09. The van der Waals surface area contributed by atoms with Crippen LogP contribution in [0.3, 0.4) is 0 Å². The van der Waals surface area contributed by atoms with Crippen molar-refractivity contribution in [3.05, 3.63) is 228 Å². The topological polar surface area (TPSA) is 35.2 Å². The molecular formula is C80H80N4O. The average Bonchev–Trinajstić information content (AvgIpc) is 1.27. The predicted molar refractivity (Wildman–Crippen MR) is 364 cm³/mol. The number of anilines is 2. The number of pyridine rings is 1. The number of rotatable bonds is 6. The molecule has 426 valence electrons. The van der Waals surface area contributed by atoms with Crippen LogP contribution in [0.4, 0.5) is 11.4 Å². The second kappa shape index (κ2) is 20.0. The van der Waals surface area contributed by atoms with Gasteiger partial charge in [-0.25, -0.2) is 4.98 Å². The summed E-state index contributed by atoms with van der Waals surface area (Å²) in [5, 5.41) is 8.00. The minimum Gasteiger partial charge on any atom is -0.457 e. The van der Waals surface area contributed by atoms with Crippen LogP contribution in [0.15, 0.2) is 200 Å². The SMILES string of the molecule is [2H]C([2H])([2H])C(c1cc(-c2cccc3c4ccccc4c4cccc(-c5cc(C(C)(C)C)cc(C(C)(C)C)c5)c4c4cccc5c4n(c23)CN5c2cccc(Oc3ccc4c5ccccc5n(-c5cc(C(C)(C)C)ccn5)c4c3)c2)cc(C(C)(C)C)c1)(C([2H])([2H])[2H])C([2H])([2H])[2H]. The Bertz CT molecular complexity index is 5040. The average molecular weight is 1120 g/mol. The molecule has 0 saturated carbocycles. The van der Waals surface area contributed by atoms with E-state index in [-0.39, 0.29) is 28.5 Å². The molecule has 0 amide bonds. The van der Waals surface area contributed by atoms with Gasteiger partial charge in [-0.05, 0) is 142 Å². The fourth-order valence-corrected chi connectivity index (χ4v) is 12.7. The molecule has 0 unspecified atom stereocenters. The number of benzene rings is 9. The highest BCUT2D eigenvalue weighted by atomic mass is 16.5. The molecular weight excluding hydrogens is 1030 g/mol. The van der Waals surface area contributed by atoms with Crippen LogP contribution in [0.25, 0.3) is 93.2 Å². The van der Waals surface area contributed by atoms with Crippen LogP contribution >= 0.6 is 0 Å². The molecule has 5 heteroatoms. The minimum atomic E-state index is -3.49. The van der Waals surface area contributed by atoms with Gasteiger partial charge in [0.15, 0.2) is 0 Å². The highest BCUT2D eigenvalue weighted by Crippen LogP contribution is 2.48. The van der Waals surface area contributed by atoms with Gasteiger partial charge in [0, 0.05) is 63.5 Å². The highest BCUT2D eigenvalue weighted by Gasteiger charge is 2.29. The first-order chi connectivity index (χ1) is 44.0. The maximum absolute atomic E-state index is 8.96. The predicted octanol–water partition coefficient (Wildman–Crippen LogP) is 22.4. The van der Waals surface area contributed by atoms with Crippen LogP contribution in [-0.4, -0.2) is 14.1 Å². The molecule has 3 aromatic heterocycles. The molecule has 0 radical (unpaired) electrons. The van der Waals surface area contributed by atoms with E-state index < -0.39 is 31.4 Å². The molecule has 5 nitrogen and oxygen atoms in total. The van der Waals surface area contributed by atoms with E-state index in [4.69, 9.17) is 22.1 Å². The number of aromatic nitrogens is 3. The lowest BCUT2D eigenvalue weighted by Crippen LogP contribution is -2.17. The standard InChI is InChI=1S/C80H80N4O/c1-76(2,3)52-38-39-81-72(46-52)84-69-34-19-18-28-64(69)65-37-36-59(48-71(65)84)85-58-25-20-24-57(47-58)82-49-83-74-61(51-42-55(79(10,11)12)45-56(43-51)80(13,14)15)30-22-32-67(74)63-27-17-16-26-62(63)66-31-21-29-60(73(66)68-33-23-35-70(82)75(68)83)50-40-53(77(4,5)6)44-54(41-50)78(7,8)9/h16-48H,49H2,1-15H3/i10D3,11D3,12D3. The minimum absolute atomic E-state index is 0.0933. The first-order valence-corrected chi connectivity index (χ1v) is 29.7. The van der Waals surface area contributed by atoms with Crippen molar-refractivity contribution in [2.24, 2.45) is 0 Å². The Balaban J connectivity index is 1.11. The summed E-state index contributed by atoms with van der Waals surface area (Å²) < 4.78 is 92.2. The van der Waals surface area contributed by atoms with Crippen molar-refractivity contribution in [3.63, 3.8) is 0 Å². The Kier molecular flexibility index (Phi) is 10.7. The first kappa shape index (κ1) is 45.7. The van der Waals surface area contributed by atoms with Gasteiger partial charge in [0.1, 0.15) is 24.0 Å². The number of nitrogens with zero attached hydrogens (tertiary/aromatic N) is 4. The van der Waals surface area contributed by atoms with Gasteiger partial charge < -0.3 is 14.2 Å². The van der Waals surface area contributed by atoms with Crippen molar-refractivity contribution in [2.45, 2.75) is 137 Å². The van der Waals surface area contributed by atoms with Gasteiger partial charge in [0.25, 0.3) is 0 Å². The van der Waals surface area contributed by atoms with E-state index in [1.165, 1.54) is 28.8 Å².